The molecule has 3 N–H and O–H groups in total. The van der Waals surface area contributed by atoms with Crippen LogP contribution in [0, 0.1) is 0 Å². The summed E-state index contributed by atoms with van der Waals surface area (Å²) in [6, 6.07) is -0.625. The Morgan fingerprint density at radius 1 is 0.318 bits per heavy atom. The summed E-state index contributed by atoms with van der Waals surface area (Å²) in [4.78, 5) is 24.6. The lowest BCUT2D eigenvalue weighted by Crippen LogP contribution is -2.45. The molecule has 2 atom stereocenters. The van der Waals surface area contributed by atoms with Gasteiger partial charge in [-0.05, 0) is 57.8 Å². The van der Waals surface area contributed by atoms with Crippen molar-refractivity contribution in [2.45, 2.75) is 456 Å². The Kier molecular flexibility index (Phi) is 73.3. The largest absolute Gasteiger partial charge is 0.466 e. The van der Waals surface area contributed by atoms with Gasteiger partial charge in [0.25, 0.3) is 0 Å². The Balaban J connectivity index is 3.34. The molecule has 0 aliphatic heterocycles. The van der Waals surface area contributed by atoms with Crippen molar-refractivity contribution >= 4 is 11.9 Å². The van der Waals surface area contributed by atoms with E-state index in [9.17, 15) is 19.8 Å². The molecule has 0 bridgehead atoms. The molecule has 0 radical (unpaired) electrons. The summed E-state index contributed by atoms with van der Waals surface area (Å²) in [7, 11) is 0. The number of rotatable bonds is 74. The quantitative estimate of drug-likeness (QED) is 0.0320. The summed E-state index contributed by atoms with van der Waals surface area (Å²) in [6.07, 6.45) is 95.8. The van der Waals surface area contributed by atoms with Gasteiger partial charge in [-0.15, -0.1) is 0 Å². The molecule has 0 fully saturated rings. The molecule has 0 aromatic rings. The maximum absolute atomic E-state index is 12.5. The SMILES string of the molecule is CCCCCCC/C=C\CCCCCCCC(=O)OCCCCCCCCCCCCCCCCCCCCCCCCCCCCCCCCCCCC(=O)NC(CO)C(O)/C=C/CCCCCCCCCCCCCCCCCCCCC. The Morgan fingerprint density at radius 2 is 0.553 bits per heavy atom. The van der Waals surface area contributed by atoms with E-state index in [0.29, 0.717) is 19.4 Å². The second-order valence-corrected chi connectivity index (χ2v) is 27.0. The van der Waals surface area contributed by atoms with E-state index in [4.69, 9.17) is 4.74 Å². The molecule has 0 rings (SSSR count). The summed E-state index contributed by atoms with van der Waals surface area (Å²) >= 11 is 0. The van der Waals surface area contributed by atoms with Crippen LogP contribution in [0.2, 0.25) is 0 Å². The Morgan fingerprint density at radius 3 is 0.835 bits per heavy atom. The van der Waals surface area contributed by atoms with E-state index in [1.807, 2.05) is 6.08 Å². The zero-order valence-electron chi connectivity index (χ0n) is 57.9. The molecule has 2 unspecified atom stereocenters. The molecule has 0 heterocycles. The fourth-order valence-corrected chi connectivity index (χ4v) is 12.5. The van der Waals surface area contributed by atoms with Crippen molar-refractivity contribution in [1.82, 2.24) is 5.32 Å². The van der Waals surface area contributed by atoms with E-state index in [-0.39, 0.29) is 18.5 Å². The van der Waals surface area contributed by atoms with Crippen molar-refractivity contribution in [2.24, 2.45) is 0 Å². The average molecular weight is 1200 g/mol. The minimum atomic E-state index is -0.842. The van der Waals surface area contributed by atoms with E-state index >= 15 is 0 Å². The highest BCUT2D eigenvalue weighted by Crippen LogP contribution is 2.20. The average Bonchev–Trinajstić information content (AvgIpc) is 3.51. The topological polar surface area (TPSA) is 95.9 Å². The molecule has 504 valence electrons. The normalized spacial score (nSPS) is 12.6. The van der Waals surface area contributed by atoms with E-state index < -0.39 is 12.1 Å². The number of carbonyl (C=O) groups excluding carboxylic acids is 2. The van der Waals surface area contributed by atoms with Gasteiger partial charge in [-0.1, -0.05) is 398 Å². The van der Waals surface area contributed by atoms with Gasteiger partial charge in [0, 0.05) is 12.8 Å². The number of carbonyl (C=O) groups is 2. The Hall–Kier alpha value is -1.66. The second-order valence-electron chi connectivity index (χ2n) is 27.0. The van der Waals surface area contributed by atoms with Gasteiger partial charge in [-0.3, -0.25) is 9.59 Å². The third-order valence-electron chi connectivity index (χ3n) is 18.5. The summed E-state index contributed by atoms with van der Waals surface area (Å²) in [5, 5.41) is 23.3. The van der Waals surface area contributed by atoms with Crippen LogP contribution in [0.3, 0.4) is 0 Å². The fourth-order valence-electron chi connectivity index (χ4n) is 12.5. The van der Waals surface area contributed by atoms with E-state index in [0.717, 1.165) is 44.9 Å². The summed E-state index contributed by atoms with van der Waals surface area (Å²) in [5.74, 6) is -0.0447. The van der Waals surface area contributed by atoms with Crippen molar-refractivity contribution in [3.8, 4) is 0 Å². The van der Waals surface area contributed by atoms with Gasteiger partial charge in [0.2, 0.25) is 5.91 Å². The van der Waals surface area contributed by atoms with Crippen molar-refractivity contribution in [2.75, 3.05) is 13.2 Å². The number of allylic oxidation sites excluding steroid dienone is 3. The van der Waals surface area contributed by atoms with Crippen molar-refractivity contribution < 1.29 is 24.5 Å². The zero-order valence-corrected chi connectivity index (χ0v) is 57.9. The number of esters is 1. The highest BCUT2D eigenvalue weighted by molar-refractivity contribution is 5.76. The number of ether oxygens (including phenoxy) is 1. The number of aliphatic hydroxyl groups is 2. The first-order valence-corrected chi connectivity index (χ1v) is 39.1. The van der Waals surface area contributed by atoms with Gasteiger partial charge in [-0.2, -0.15) is 0 Å². The molecule has 0 aliphatic carbocycles. The van der Waals surface area contributed by atoms with Crippen LogP contribution in [0.25, 0.3) is 0 Å². The predicted octanol–water partition coefficient (Wildman–Crippen LogP) is 25.7. The maximum Gasteiger partial charge on any atom is 0.305 e. The van der Waals surface area contributed by atoms with Gasteiger partial charge in [-0.25, -0.2) is 0 Å². The molecule has 0 aliphatic rings. The summed E-state index contributed by atoms with van der Waals surface area (Å²) < 4.78 is 5.49. The Bertz CT molecular complexity index is 1330. The minimum Gasteiger partial charge on any atom is -0.466 e. The van der Waals surface area contributed by atoms with Crippen molar-refractivity contribution in [3.05, 3.63) is 24.3 Å². The molecular formula is C79H153NO5. The van der Waals surface area contributed by atoms with Crippen LogP contribution in [-0.2, 0) is 14.3 Å². The number of unbranched alkanes of at least 4 members (excludes halogenated alkanes) is 61. The van der Waals surface area contributed by atoms with Gasteiger partial charge in [0.15, 0.2) is 0 Å². The molecule has 6 heteroatoms. The molecule has 0 saturated carbocycles. The lowest BCUT2D eigenvalue weighted by Gasteiger charge is -2.20. The fraction of sp³-hybridized carbons (Fsp3) is 0.924. The molecule has 0 aromatic heterocycles. The van der Waals surface area contributed by atoms with Crippen molar-refractivity contribution in [3.63, 3.8) is 0 Å². The molecule has 6 nitrogen and oxygen atoms in total. The summed E-state index contributed by atoms with van der Waals surface area (Å²) in [6.45, 7) is 4.94. The van der Waals surface area contributed by atoms with Crippen LogP contribution < -0.4 is 5.32 Å². The lowest BCUT2D eigenvalue weighted by atomic mass is 10.0. The lowest BCUT2D eigenvalue weighted by molar-refractivity contribution is -0.143. The van der Waals surface area contributed by atoms with Gasteiger partial charge < -0.3 is 20.3 Å². The standard InChI is InChI=1S/C79H153NO5/c1-3-5-7-9-11-13-15-17-19-20-21-35-38-41-44-47-51-55-59-63-67-71-77(82)76(75-81)80-78(83)72-68-64-60-56-52-48-45-42-39-36-33-31-29-27-25-23-22-24-26-28-30-32-34-37-40-43-46-50-54-58-62-66-70-74-85-79(84)73-69-65-61-57-53-49-18-16-14-12-10-8-6-4-2/h16,18,67,71,76-77,81-82H,3-15,17,19-66,68-70,72-75H2,1-2H3,(H,80,83)/b18-16-,71-67+. The first-order chi connectivity index (χ1) is 42.0. The first kappa shape index (κ1) is 83.3. The number of hydrogen-bond donors (Lipinski definition) is 3. The van der Waals surface area contributed by atoms with Crippen LogP contribution >= 0.6 is 0 Å². The molecular weight excluding hydrogens is 1040 g/mol. The summed E-state index contributed by atoms with van der Waals surface area (Å²) in [5.41, 5.74) is 0. The molecule has 85 heavy (non-hydrogen) atoms. The van der Waals surface area contributed by atoms with Crippen LogP contribution in [0.1, 0.15) is 444 Å². The number of aliphatic hydroxyl groups excluding tert-OH is 2. The van der Waals surface area contributed by atoms with Crippen LogP contribution in [-0.4, -0.2) is 47.4 Å². The van der Waals surface area contributed by atoms with Gasteiger partial charge in [0.05, 0.1) is 25.4 Å². The predicted molar refractivity (Wildman–Crippen MR) is 375 cm³/mol. The Labute approximate surface area is 532 Å². The zero-order chi connectivity index (χ0) is 61.3. The number of hydrogen-bond acceptors (Lipinski definition) is 5. The smallest absolute Gasteiger partial charge is 0.305 e. The third-order valence-corrected chi connectivity index (χ3v) is 18.5. The van der Waals surface area contributed by atoms with E-state index in [2.05, 4.69) is 31.3 Å². The number of nitrogens with one attached hydrogen (secondary N) is 1. The van der Waals surface area contributed by atoms with E-state index in [1.165, 1.54) is 372 Å². The van der Waals surface area contributed by atoms with E-state index in [1.54, 1.807) is 6.08 Å². The monoisotopic (exact) mass is 1200 g/mol. The second kappa shape index (κ2) is 74.8. The maximum atomic E-state index is 12.5. The molecule has 0 aromatic carbocycles. The first-order valence-electron chi connectivity index (χ1n) is 39.1. The minimum absolute atomic E-state index is 0.0137. The highest BCUT2D eigenvalue weighted by atomic mass is 16.5. The van der Waals surface area contributed by atoms with Crippen LogP contribution in [0.15, 0.2) is 24.3 Å². The molecule has 0 saturated heterocycles. The van der Waals surface area contributed by atoms with Crippen LogP contribution in [0.5, 0.6) is 0 Å². The van der Waals surface area contributed by atoms with Crippen LogP contribution in [0.4, 0.5) is 0 Å². The highest BCUT2D eigenvalue weighted by Gasteiger charge is 2.18. The molecule has 0 spiro atoms. The third kappa shape index (κ3) is 71.3. The van der Waals surface area contributed by atoms with Gasteiger partial charge >= 0.3 is 5.97 Å². The van der Waals surface area contributed by atoms with Crippen molar-refractivity contribution in [1.29, 1.82) is 0 Å². The number of amides is 1. The molecule has 1 amide bonds. The van der Waals surface area contributed by atoms with Gasteiger partial charge in [0.1, 0.15) is 0 Å².